The first-order valence-electron chi connectivity index (χ1n) is 4.97. The lowest BCUT2D eigenvalue weighted by Crippen LogP contribution is -1.88. The maximum absolute atomic E-state index is 5.66. The van der Waals surface area contributed by atoms with E-state index in [0.29, 0.717) is 5.88 Å². The van der Waals surface area contributed by atoms with Crippen LogP contribution < -0.4 is 0 Å². The van der Waals surface area contributed by atoms with Crippen LogP contribution >= 0.6 is 11.6 Å². The monoisotopic (exact) mass is 220 g/mol. The summed E-state index contributed by atoms with van der Waals surface area (Å²) in [6.45, 7) is 2.09. The Kier molecular flexibility index (Phi) is 3.07. The van der Waals surface area contributed by atoms with E-state index in [-0.39, 0.29) is 0 Å². The van der Waals surface area contributed by atoms with Gasteiger partial charge < -0.3 is 4.98 Å². The first-order valence-corrected chi connectivity index (χ1v) is 5.50. The molecule has 78 valence electrons. The van der Waals surface area contributed by atoms with Gasteiger partial charge in [-0.15, -0.1) is 11.6 Å². The van der Waals surface area contributed by atoms with Gasteiger partial charge in [-0.1, -0.05) is 24.3 Å². The molecule has 0 aliphatic rings. The molecule has 0 saturated heterocycles. The molecule has 1 aromatic heterocycles. The van der Waals surface area contributed by atoms with Crippen molar-refractivity contribution in [3.8, 4) is 11.3 Å². The molecule has 2 aromatic rings. The van der Waals surface area contributed by atoms with Crippen molar-refractivity contribution in [1.29, 1.82) is 0 Å². The topological polar surface area (TPSA) is 28.7 Å². The van der Waals surface area contributed by atoms with Crippen molar-refractivity contribution in [3.63, 3.8) is 0 Å². The molecule has 0 aliphatic heterocycles. The molecule has 0 unspecified atom stereocenters. The summed E-state index contributed by atoms with van der Waals surface area (Å²) >= 11 is 5.66. The average Bonchev–Trinajstić information content (AvgIpc) is 2.68. The van der Waals surface area contributed by atoms with Crippen molar-refractivity contribution in [2.75, 3.05) is 5.88 Å². The summed E-state index contributed by atoms with van der Waals surface area (Å²) in [5.41, 5.74) is 3.51. The van der Waals surface area contributed by atoms with Gasteiger partial charge in [0.2, 0.25) is 0 Å². The summed E-state index contributed by atoms with van der Waals surface area (Å²) in [6, 6.07) is 8.25. The fourth-order valence-electron chi connectivity index (χ4n) is 1.59. The fraction of sp³-hybridized carbons (Fsp3) is 0.250. The summed E-state index contributed by atoms with van der Waals surface area (Å²) in [7, 11) is 0. The first-order chi connectivity index (χ1) is 7.31. The number of hydrogen-bond acceptors (Lipinski definition) is 1. The van der Waals surface area contributed by atoms with E-state index in [1.165, 1.54) is 11.1 Å². The minimum Gasteiger partial charge on any atom is -0.342 e. The van der Waals surface area contributed by atoms with Gasteiger partial charge >= 0.3 is 0 Å². The van der Waals surface area contributed by atoms with E-state index in [1.807, 2.05) is 18.3 Å². The summed E-state index contributed by atoms with van der Waals surface area (Å²) < 4.78 is 0. The lowest BCUT2D eigenvalue weighted by Gasteiger charge is -2.01. The van der Waals surface area contributed by atoms with E-state index in [2.05, 4.69) is 29.0 Å². The third-order valence-corrected chi connectivity index (χ3v) is 2.58. The number of rotatable bonds is 3. The Balaban J connectivity index is 2.33. The van der Waals surface area contributed by atoms with Gasteiger partial charge in [0, 0.05) is 17.9 Å². The van der Waals surface area contributed by atoms with Crippen LogP contribution in [0.4, 0.5) is 0 Å². The highest BCUT2D eigenvalue weighted by molar-refractivity contribution is 6.17. The van der Waals surface area contributed by atoms with Crippen LogP contribution in [0.3, 0.4) is 0 Å². The maximum atomic E-state index is 5.66. The molecule has 0 fully saturated rings. The second-order valence-electron chi connectivity index (χ2n) is 3.50. The molecule has 3 heteroatoms. The SMILES string of the molecule is Cc1ccccc1-c1cnc(CCCl)[nH]1. The van der Waals surface area contributed by atoms with Crippen LogP contribution in [0.5, 0.6) is 0 Å². The third kappa shape index (κ3) is 2.21. The number of aromatic nitrogens is 2. The zero-order valence-electron chi connectivity index (χ0n) is 8.63. The molecule has 0 bridgehead atoms. The van der Waals surface area contributed by atoms with Gasteiger partial charge in [-0.05, 0) is 12.5 Å². The van der Waals surface area contributed by atoms with Gasteiger partial charge in [-0.25, -0.2) is 4.98 Å². The highest BCUT2D eigenvalue weighted by atomic mass is 35.5. The van der Waals surface area contributed by atoms with Gasteiger partial charge in [0.25, 0.3) is 0 Å². The first kappa shape index (κ1) is 10.2. The molecular weight excluding hydrogens is 208 g/mol. The minimum atomic E-state index is 0.598. The number of benzene rings is 1. The van der Waals surface area contributed by atoms with E-state index < -0.39 is 0 Å². The van der Waals surface area contributed by atoms with E-state index in [1.54, 1.807) is 0 Å². The summed E-state index contributed by atoms with van der Waals surface area (Å²) in [4.78, 5) is 7.56. The van der Waals surface area contributed by atoms with Gasteiger partial charge in [-0.3, -0.25) is 0 Å². The van der Waals surface area contributed by atoms with E-state index >= 15 is 0 Å². The smallest absolute Gasteiger partial charge is 0.107 e. The number of H-pyrrole nitrogens is 1. The van der Waals surface area contributed by atoms with E-state index in [0.717, 1.165) is 17.9 Å². The molecule has 0 atom stereocenters. The predicted molar refractivity (Wildman–Crippen MR) is 63.2 cm³/mol. The Bertz CT molecular complexity index is 448. The van der Waals surface area contributed by atoms with Gasteiger partial charge in [0.05, 0.1) is 11.9 Å². The lowest BCUT2D eigenvalue weighted by molar-refractivity contribution is 0.996. The number of hydrogen-bond donors (Lipinski definition) is 1. The maximum Gasteiger partial charge on any atom is 0.107 e. The van der Waals surface area contributed by atoms with Crippen LogP contribution in [0.2, 0.25) is 0 Å². The Morgan fingerprint density at radius 1 is 1.33 bits per heavy atom. The number of aryl methyl sites for hydroxylation is 2. The Labute approximate surface area is 94.3 Å². The van der Waals surface area contributed by atoms with E-state index in [4.69, 9.17) is 11.6 Å². The normalized spacial score (nSPS) is 10.5. The highest BCUT2D eigenvalue weighted by Gasteiger charge is 2.04. The largest absolute Gasteiger partial charge is 0.342 e. The minimum absolute atomic E-state index is 0.598. The van der Waals surface area contributed by atoms with Crippen LogP contribution in [-0.2, 0) is 6.42 Å². The zero-order valence-corrected chi connectivity index (χ0v) is 9.38. The number of aromatic amines is 1. The van der Waals surface area contributed by atoms with Crippen LogP contribution in [0.25, 0.3) is 11.3 Å². The number of alkyl halides is 1. The molecule has 0 amide bonds. The van der Waals surface area contributed by atoms with Gasteiger partial charge in [-0.2, -0.15) is 0 Å². The van der Waals surface area contributed by atoms with Crippen molar-refractivity contribution in [1.82, 2.24) is 9.97 Å². The quantitative estimate of drug-likeness (QED) is 0.791. The lowest BCUT2D eigenvalue weighted by atomic mass is 10.1. The van der Waals surface area contributed by atoms with Crippen molar-refractivity contribution in [3.05, 3.63) is 41.9 Å². The Hall–Kier alpha value is -1.28. The molecule has 2 nitrogen and oxygen atoms in total. The third-order valence-electron chi connectivity index (χ3n) is 2.39. The van der Waals surface area contributed by atoms with Crippen LogP contribution in [0.15, 0.2) is 30.5 Å². The number of nitrogens with one attached hydrogen (secondary N) is 1. The molecule has 0 saturated carbocycles. The summed E-state index contributed by atoms with van der Waals surface area (Å²) in [5.74, 6) is 1.55. The van der Waals surface area contributed by atoms with Gasteiger partial charge in [0.1, 0.15) is 5.82 Å². The molecule has 2 rings (SSSR count). The van der Waals surface area contributed by atoms with Crippen molar-refractivity contribution >= 4 is 11.6 Å². The molecule has 0 aliphatic carbocycles. The van der Waals surface area contributed by atoms with Crippen LogP contribution in [-0.4, -0.2) is 15.8 Å². The van der Waals surface area contributed by atoms with Gasteiger partial charge in [0.15, 0.2) is 0 Å². The molecule has 0 radical (unpaired) electrons. The highest BCUT2D eigenvalue weighted by Crippen LogP contribution is 2.20. The molecule has 1 heterocycles. The Morgan fingerprint density at radius 3 is 2.87 bits per heavy atom. The fourth-order valence-corrected chi connectivity index (χ4v) is 1.77. The van der Waals surface area contributed by atoms with Crippen LogP contribution in [0.1, 0.15) is 11.4 Å². The number of halogens is 1. The zero-order chi connectivity index (χ0) is 10.7. The molecule has 0 spiro atoms. The summed E-state index contributed by atoms with van der Waals surface area (Å²) in [5, 5.41) is 0. The summed E-state index contributed by atoms with van der Waals surface area (Å²) in [6.07, 6.45) is 2.65. The molecule has 1 N–H and O–H groups in total. The molecule has 1 aromatic carbocycles. The number of imidazole rings is 1. The second kappa shape index (κ2) is 4.49. The number of nitrogens with zero attached hydrogens (tertiary/aromatic N) is 1. The van der Waals surface area contributed by atoms with Crippen molar-refractivity contribution in [2.45, 2.75) is 13.3 Å². The predicted octanol–water partition coefficient (Wildman–Crippen LogP) is 3.17. The van der Waals surface area contributed by atoms with E-state index in [9.17, 15) is 0 Å². The standard InChI is InChI=1S/C12H13ClN2/c1-9-4-2-3-5-10(9)11-8-14-12(15-11)6-7-13/h2-5,8H,6-7H2,1H3,(H,14,15). The molecule has 15 heavy (non-hydrogen) atoms. The molecular formula is C12H13ClN2. The van der Waals surface area contributed by atoms with Crippen LogP contribution in [0, 0.1) is 6.92 Å². The second-order valence-corrected chi connectivity index (χ2v) is 3.88. The Morgan fingerprint density at radius 2 is 2.13 bits per heavy atom. The van der Waals surface area contributed by atoms with Crippen molar-refractivity contribution < 1.29 is 0 Å². The van der Waals surface area contributed by atoms with Crippen molar-refractivity contribution in [2.24, 2.45) is 0 Å². The average molecular weight is 221 g/mol.